The number of hydrogen-bond donors (Lipinski definition) is 0. The molecular formula is C18H18O6S. The minimum Gasteiger partial charge on any atom is -0.293 e. The maximum absolute atomic E-state index is 12.6. The van der Waals surface area contributed by atoms with E-state index in [0.717, 1.165) is 0 Å². The molecule has 25 heavy (non-hydrogen) atoms. The van der Waals surface area contributed by atoms with E-state index in [0.29, 0.717) is 5.56 Å². The van der Waals surface area contributed by atoms with Crippen LogP contribution in [0.2, 0.25) is 0 Å². The molecular weight excluding hydrogens is 344 g/mol. The van der Waals surface area contributed by atoms with Gasteiger partial charge >= 0.3 is 16.1 Å². The molecule has 2 rings (SSSR count). The lowest BCUT2D eigenvalue weighted by molar-refractivity contribution is -0.219. The van der Waals surface area contributed by atoms with Crippen LogP contribution in [0.3, 0.4) is 0 Å². The second kappa shape index (κ2) is 7.58. The SMILES string of the molecule is CCC(C)(C(=O)OOS(=O)(=O)c1ccccc1)C(=O)c1ccccc1. The van der Waals surface area contributed by atoms with Crippen molar-refractivity contribution in [3.63, 3.8) is 0 Å². The van der Waals surface area contributed by atoms with Gasteiger partial charge in [-0.1, -0.05) is 55.5 Å². The lowest BCUT2D eigenvalue weighted by atomic mass is 9.80. The summed E-state index contributed by atoms with van der Waals surface area (Å²) in [6.07, 6.45) is 0.119. The summed E-state index contributed by atoms with van der Waals surface area (Å²) in [7, 11) is -4.27. The van der Waals surface area contributed by atoms with Crippen LogP contribution in [-0.4, -0.2) is 20.2 Å². The molecule has 6 nitrogen and oxygen atoms in total. The Labute approximate surface area is 146 Å². The van der Waals surface area contributed by atoms with E-state index in [2.05, 4.69) is 9.22 Å². The van der Waals surface area contributed by atoms with Crippen molar-refractivity contribution in [1.29, 1.82) is 0 Å². The van der Waals surface area contributed by atoms with Crippen LogP contribution >= 0.6 is 0 Å². The van der Waals surface area contributed by atoms with Gasteiger partial charge in [0.15, 0.2) is 5.78 Å². The third-order valence-electron chi connectivity index (χ3n) is 3.93. The second-order valence-electron chi connectivity index (χ2n) is 5.59. The normalized spacial score (nSPS) is 13.7. The van der Waals surface area contributed by atoms with Crippen molar-refractivity contribution in [1.82, 2.24) is 0 Å². The van der Waals surface area contributed by atoms with Gasteiger partial charge < -0.3 is 0 Å². The summed E-state index contributed by atoms with van der Waals surface area (Å²) < 4.78 is 28.4. The standard InChI is InChI=1S/C18H18O6S/c1-3-18(2,16(19)14-10-6-4-7-11-14)17(20)23-24-25(21,22)15-12-8-5-9-13-15/h4-13H,3H2,1-2H3. The molecule has 0 fully saturated rings. The third kappa shape index (κ3) is 4.12. The average Bonchev–Trinajstić information content (AvgIpc) is 2.66. The number of carbonyl (C=O) groups is 2. The van der Waals surface area contributed by atoms with Crippen LogP contribution < -0.4 is 0 Å². The van der Waals surface area contributed by atoms with Gasteiger partial charge in [-0.2, -0.15) is 8.42 Å². The first-order chi connectivity index (χ1) is 11.8. The van der Waals surface area contributed by atoms with E-state index in [9.17, 15) is 18.0 Å². The van der Waals surface area contributed by atoms with Crippen molar-refractivity contribution < 1.29 is 27.2 Å². The van der Waals surface area contributed by atoms with Crippen molar-refractivity contribution in [3.05, 3.63) is 66.2 Å². The van der Waals surface area contributed by atoms with Crippen molar-refractivity contribution in [2.45, 2.75) is 25.2 Å². The molecule has 0 saturated carbocycles. The quantitative estimate of drug-likeness (QED) is 0.325. The molecule has 0 spiro atoms. The Bertz CT molecular complexity index is 846. The van der Waals surface area contributed by atoms with Gasteiger partial charge in [-0.25, -0.2) is 4.79 Å². The van der Waals surface area contributed by atoms with Crippen LogP contribution in [0.15, 0.2) is 65.6 Å². The average molecular weight is 362 g/mol. The van der Waals surface area contributed by atoms with Gasteiger partial charge in [0.2, 0.25) is 0 Å². The van der Waals surface area contributed by atoms with Gasteiger partial charge in [0.05, 0.1) is 4.90 Å². The first kappa shape index (κ1) is 18.8. The molecule has 0 heterocycles. The van der Waals surface area contributed by atoms with Gasteiger partial charge in [0.25, 0.3) is 0 Å². The summed E-state index contributed by atoms with van der Waals surface area (Å²) in [4.78, 5) is 29.3. The fraction of sp³-hybridized carbons (Fsp3) is 0.222. The van der Waals surface area contributed by atoms with Crippen LogP contribution in [0.25, 0.3) is 0 Å². The number of ketones is 1. The number of hydrogen-bond acceptors (Lipinski definition) is 6. The molecule has 0 amide bonds. The van der Waals surface area contributed by atoms with E-state index in [4.69, 9.17) is 0 Å². The number of benzene rings is 2. The molecule has 2 aromatic rings. The number of carbonyl (C=O) groups excluding carboxylic acids is 2. The van der Waals surface area contributed by atoms with Crippen molar-refractivity contribution in [2.75, 3.05) is 0 Å². The molecule has 0 aliphatic heterocycles. The fourth-order valence-corrected chi connectivity index (χ4v) is 2.82. The summed E-state index contributed by atoms with van der Waals surface area (Å²) in [6.45, 7) is 3.02. The summed E-state index contributed by atoms with van der Waals surface area (Å²) in [5, 5.41) is 0. The molecule has 0 aromatic heterocycles. The van der Waals surface area contributed by atoms with Crippen molar-refractivity contribution >= 4 is 21.9 Å². The van der Waals surface area contributed by atoms with E-state index in [1.54, 1.807) is 43.3 Å². The van der Waals surface area contributed by atoms with Gasteiger partial charge in [-0.05, 0) is 29.8 Å². The predicted molar refractivity (Wildman–Crippen MR) is 90.0 cm³/mol. The highest BCUT2D eigenvalue weighted by molar-refractivity contribution is 7.86. The molecule has 0 saturated heterocycles. The van der Waals surface area contributed by atoms with Gasteiger partial charge in [0.1, 0.15) is 5.41 Å². The van der Waals surface area contributed by atoms with Crippen molar-refractivity contribution in [3.8, 4) is 0 Å². The number of Topliss-reactive ketones (excluding diaryl/α,β-unsaturated/α-hetero) is 1. The first-order valence-corrected chi connectivity index (χ1v) is 9.02. The van der Waals surface area contributed by atoms with Crippen molar-refractivity contribution in [2.24, 2.45) is 5.41 Å². The van der Waals surface area contributed by atoms with E-state index < -0.39 is 27.3 Å². The highest BCUT2D eigenvalue weighted by atomic mass is 32.2. The Morgan fingerprint density at radius 1 is 0.960 bits per heavy atom. The Balaban J connectivity index is 2.16. The second-order valence-corrected chi connectivity index (χ2v) is 7.10. The lowest BCUT2D eigenvalue weighted by Crippen LogP contribution is -2.38. The zero-order valence-corrected chi connectivity index (χ0v) is 14.7. The van der Waals surface area contributed by atoms with E-state index in [1.807, 2.05) is 0 Å². The summed E-state index contributed by atoms with van der Waals surface area (Å²) in [5.74, 6) is -1.54. The minimum atomic E-state index is -4.27. The predicted octanol–water partition coefficient (Wildman–Crippen LogP) is 3.15. The summed E-state index contributed by atoms with van der Waals surface area (Å²) in [5.41, 5.74) is -1.23. The zero-order chi connectivity index (χ0) is 18.5. The van der Waals surface area contributed by atoms with E-state index in [-0.39, 0.29) is 11.3 Å². The largest absolute Gasteiger partial charge is 0.357 e. The summed E-state index contributed by atoms with van der Waals surface area (Å²) >= 11 is 0. The van der Waals surface area contributed by atoms with E-state index in [1.165, 1.54) is 31.2 Å². The molecule has 0 bridgehead atoms. The molecule has 1 atom stereocenters. The molecule has 0 radical (unpaired) electrons. The molecule has 2 aromatic carbocycles. The van der Waals surface area contributed by atoms with Crippen LogP contribution in [-0.2, 0) is 24.1 Å². The lowest BCUT2D eigenvalue weighted by Gasteiger charge is -2.23. The monoisotopic (exact) mass is 362 g/mol. The molecule has 0 N–H and O–H groups in total. The van der Waals surface area contributed by atoms with Crippen LogP contribution in [0.5, 0.6) is 0 Å². The summed E-state index contributed by atoms with van der Waals surface area (Å²) in [6, 6.07) is 15.5. The molecule has 0 aliphatic rings. The van der Waals surface area contributed by atoms with Gasteiger partial charge in [-0.15, -0.1) is 0 Å². The third-order valence-corrected chi connectivity index (χ3v) is 5.02. The van der Waals surface area contributed by atoms with Crippen LogP contribution in [0.1, 0.15) is 30.6 Å². The molecule has 1 unspecified atom stereocenters. The fourth-order valence-electron chi connectivity index (χ4n) is 2.10. The van der Waals surface area contributed by atoms with Gasteiger partial charge in [0, 0.05) is 5.56 Å². The first-order valence-electron chi connectivity index (χ1n) is 7.62. The Morgan fingerprint density at radius 3 is 2.00 bits per heavy atom. The topological polar surface area (TPSA) is 86.7 Å². The highest BCUT2D eigenvalue weighted by Crippen LogP contribution is 2.29. The smallest absolute Gasteiger partial charge is 0.293 e. The maximum atomic E-state index is 12.6. The molecule has 0 aliphatic carbocycles. The maximum Gasteiger partial charge on any atom is 0.357 e. The zero-order valence-electron chi connectivity index (χ0n) is 13.8. The Hall–Kier alpha value is -2.51. The highest BCUT2D eigenvalue weighted by Gasteiger charge is 2.43. The van der Waals surface area contributed by atoms with E-state index >= 15 is 0 Å². The minimum absolute atomic E-state index is 0.119. The number of rotatable bonds is 7. The van der Waals surface area contributed by atoms with Gasteiger partial charge in [-0.3, -0.25) is 9.68 Å². The Morgan fingerprint density at radius 2 is 1.48 bits per heavy atom. The molecule has 132 valence electrons. The Kier molecular flexibility index (Phi) is 5.71. The van der Waals surface area contributed by atoms with Crippen LogP contribution in [0, 0.1) is 5.41 Å². The van der Waals surface area contributed by atoms with Crippen LogP contribution in [0.4, 0.5) is 0 Å². The molecule has 7 heteroatoms.